The first-order chi connectivity index (χ1) is 13.8. The van der Waals surface area contributed by atoms with E-state index in [0.717, 1.165) is 4.88 Å². The number of hydrogen-bond donors (Lipinski definition) is 0. The van der Waals surface area contributed by atoms with Crippen LogP contribution in [0, 0.1) is 6.92 Å². The molecule has 0 radical (unpaired) electrons. The van der Waals surface area contributed by atoms with Crippen LogP contribution in [0.2, 0.25) is 0 Å². The van der Waals surface area contributed by atoms with Crippen LogP contribution in [0.15, 0.2) is 33.4 Å². The van der Waals surface area contributed by atoms with E-state index in [1.54, 1.807) is 26.8 Å². The second-order valence-corrected chi connectivity index (χ2v) is 8.17. The third-order valence-corrected chi connectivity index (χ3v) is 6.09. The Balaban J connectivity index is 2.21. The van der Waals surface area contributed by atoms with Crippen LogP contribution >= 0.6 is 11.3 Å². The smallest absolute Gasteiger partial charge is 0.284 e. The Morgan fingerprint density at radius 1 is 1.28 bits per heavy atom. The average molecular weight is 421 g/mol. The molecule has 0 saturated heterocycles. The monoisotopic (exact) mass is 421 g/mol. The van der Waals surface area contributed by atoms with Crippen molar-refractivity contribution in [1.82, 2.24) is 23.5 Å². The molecule has 3 rings (SSSR count). The van der Waals surface area contributed by atoms with E-state index in [4.69, 9.17) is 0 Å². The second kappa shape index (κ2) is 8.32. The Hall–Kier alpha value is -2.75. The number of alkyl halides is 1. The molecule has 10 heteroatoms. The van der Waals surface area contributed by atoms with E-state index < -0.39 is 12.4 Å². The van der Waals surface area contributed by atoms with Gasteiger partial charge in [-0.05, 0) is 32.8 Å². The molecule has 3 aromatic rings. The predicted octanol–water partition coefficient (Wildman–Crippen LogP) is 2.07. The lowest BCUT2D eigenvalue weighted by Gasteiger charge is -2.14. The maximum absolute atomic E-state index is 13.0. The summed E-state index contributed by atoms with van der Waals surface area (Å²) in [6.07, 6.45) is 3.23. The predicted molar refractivity (Wildman–Crippen MR) is 112 cm³/mol. The molecular formula is C19H24FN5O3S. The standard InChI is InChI=1S/C19H24FN5O3S/c1-5-8-22-11-21-24(18(22)27)10-14-13(4)15-16(26)25(12(2)3)19(28)23(9-6-7-20)17(15)29-14/h5,11-12H,1,6-10H2,2-4H3. The molecule has 0 spiro atoms. The molecule has 0 amide bonds. The molecule has 156 valence electrons. The van der Waals surface area contributed by atoms with E-state index >= 15 is 0 Å². The van der Waals surface area contributed by atoms with Crippen molar-refractivity contribution in [1.29, 1.82) is 0 Å². The summed E-state index contributed by atoms with van der Waals surface area (Å²) in [5, 5.41) is 4.56. The topological polar surface area (TPSA) is 83.8 Å². The number of hydrogen-bond acceptors (Lipinski definition) is 5. The molecule has 3 heterocycles. The Morgan fingerprint density at radius 3 is 2.62 bits per heavy atom. The van der Waals surface area contributed by atoms with Crippen molar-refractivity contribution in [3.8, 4) is 0 Å². The lowest BCUT2D eigenvalue weighted by molar-refractivity contribution is 0.435. The molecule has 0 bridgehead atoms. The van der Waals surface area contributed by atoms with Crippen LogP contribution in [-0.2, 0) is 19.6 Å². The van der Waals surface area contributed by atoms with Gasteiger partial charge < -0.3 is 0 Å². The summed E-state index contributed by atoms with van der Waals surface area (Å²) in [5.74, 6) is 0. The number of nitrogens with zero attached hydrogens (tertiary/aromatic N) is 5. The zero-order valence-corrected chi connectivity index (χ0v) is 17.5. The van der Waals surface area contributed by atoms with Gasteiger partial charge in [0.15, 0.2) is 0 Å². The van der Waals surface area contributed by atoms with Crippen molar-refractivity contribution in [3.05, 3.63) is 60.7 Å². The average Bonchev–Trinajstić information content (AvgIpc) is 3.17. The fraction of sp³-hybridized carbons (Fsp3) is 0.474. The van der Waals surface area contributed by atoms with Crippen molar-refractivity contribution in [2.45, 2.75) is 52.9 Å². The first kappa shape index (κ1) is 21.0. The third-order valence-electron chi connectivity index (χ3n) is 4.79. The van der Waals surface area contributed by atoms with Crippen LogP contribution in [0.4, 0.5) is 4.39 Å². The van der Waals surface area contributed by atoms with Gasteiger partial charge in [0.1, 0.15) is 11.2 Å². The summed E-state index contributed by atoms with van der Waals surface area (Å²) < 4.78 is 18.2. The molecule has 0 N–H and O–H groups in total. The zero-order chi connectivity index (χ0) is 21.3. The van der Waals surface area contributed by atoms with Gasteiger partial charge in [-0.25, -0.2) is 14.3 Å². The van der Waals surface area contributed by atoms with Crippen molar-refractivity contribution < 1.29 is 4.39 Å². The minimum absolute atomic E-state index is 0.184. The number of fused-ring (bicyclic) bond motifs is 1. The fourth-order valence-corrected chi connectivity index (χ4v) is 4.61. The fourth-order valence-electron chi connectivity index (χ4n) is 3.31. The van der Waals surface area contributed by atoms with E-state index in [1.165, 1.54) is 36.0 Å². The van der Waals surface area contributed by atoms with Gasteiger partial charge in [-0.1, -0.05) is 6.08 Å². The van der Waals surface area contributed by atoms with E-state index in [0.29, 0.717) is 22.3 Å². The van der Waals surface area contributed by atoms with Gasteiger partial charge in [0, 0.05) is 24.0 Å². The largest absolute Gasteiger partial charge is 0.346 e. The van der Waals surface area contributed by atoms with Crippen molar-refractivity contribution >= 4 is 21.6 Å². The molecule has 0 aromatic carbocycles. The quantitative estimate of drug-likeness (QED) is 0.521. The van der Waals surface area contributed by atoms with Crippen molar-refractivity contribution in [2.24, 2.45) is 0 Å². The SMILES string of the molecule is C=CCn1cnn(Cc2sc3c(c2C)c(=O)n(C(C)C)c(=O)n3CCCF)c1=O. The molecule has 0 aliphatic rings. The number of aromatic nitrogens is 5. The lowest BCUT2D eigenvalue weighted by Crippen LogP contribution is -2.40. The van der Waals surface area contributed by atoms with Gasteiger partial charge in [0.25, 0.3) is 5.56 Å². The number of halogens is 1. The molecule has 0 aliphatic carbocycles. The van der Waals surface area contributed by atoms with E-state index in [2.05, 4.69) is 11.7 Å². The summed E-state index contributed by atoms with van der Waals surface area (Å²) in [4.78, 5) is 39.6. The van der Waals surface area contributed by atoms with Gasteiger partial charge in [-0.2, -0.15) is 5.10 Å². The normalized spacial score (nSPS) is 11.6. The third kappa shape index (κ3) is 3.64. The molecule has 3 aromatic heterocycles. The molecule has 0 unspecified atom stereocenters. The molecule has 0 aliphatic heterocycles. The van der Waals surface area contributed by atoms with Gasteiger partial charge in [0.2, 0.25) is 0 Å². The Morgan fingerprint density at radius 2 is 2.00 bits per heavy atom. The second-order valence-electron chi connectivity index (χ2n) is 7.09. The van der Waals surface area contributed by atoms with Gasteiger partial charge >= 0.3 is 11.4 Å². The number of aryl methyl sites for hydroxylation is 2. The Bertz CT molecular complexity index is 1230. The van der Waals surface area contributed by atoms with Crippen LogP contribution in [0.3, 0.4) is 0 Å². The van der Waals surface area contributed by atoms with Gasteiger partial charge in [-0.15, -0.1) is 17.9 Å². The van der Waals surface area contributed by atoms with Gasteiger partial charge in [-0.3, -0.25) is 22.9 Å². The highest BCUT2D eigenvalue weighted by Crippen LogP contribution is 2.28. The Labute approximate surface area is 170 Å². The van der Waals surface area contributed by atoms with E-state index in [9.17, 15) is 18.8 Å². The van der Waals surface area contributed by atoms with Crippen LogP contribution in [0.1, 0.15) is 36.8 Å². The maximum atomic E-state index is 13.0. The molecular weight excluding hydrogens is 397 g/mol. The molecule has 0 fully saturated rings. The van der Waals surface area contributed by atoms with Crippen LogP contribution < -0.4 is 16.9 Å². The zero-order valence-electron chi connectivity index (χ0n) is 16.7. The maximum Gasteiger partial charge on any atom is 0.346 e. The highest BCUT2D eigenvalue weighted by molar-refractivity contribution is 7.18. The number of thiophene rings is 1. The van der Waals surface area contributed by atoms with Crippen molar-refractivity contribution in [2.75, 3.05) is 6.67 Å². The van der Waals surface area contributed by atoms with Crippen LogP contribution in [0.5, 0.6) is 0 Å². The van der Waals surface area contributed by atoms with E-state index in [1.807, 2.05) is 0 Å². The number of rotatable bonds is 8. The molecule has 8 nitrogen and oxygen atoms in total. The lowest BCUT2D eigenvalue weighted by atomic mass is 10.2. The first-order valence-corrected chi connectivity index (χ1v) is 10.2. The highest BCUT2D eigenvalue weighted by atomic mass is 32.1. The summed E-state index contributed by atoms with van der Waals surface area (Å²) in [6, 6.07) is -0.323. The summed E-state index contributed by atoms with van der Waals surface area (Å²) >= 11 is 1.27. The molecule has 29 heavy (non-hydrogen) atoms. The van der Waals surface area contributed by atoms with Crippen molar-refractivity contribution in [3.63, 3.8) is 0 Å². The summed E-state index contributed by atoms with van der Waals surface area (Å²) in [5.41, 5.74) is -0.369. The Kier molecular flexibility index (Phi) is 6.02. The first-order valence-electron chi connectivity index (χ1n) is 9.38. The minimum Gasteiger partial charge on any atom is -0.284 e. The summed E-state index contributed by atoms with van der Waals surface area (Å²) in [7, 11) is 0. The highest BCUT2D eigenvalue weighted by Gasteiger charge is 2.21. The molecule has 0 saturated carbocycles. The van der Waals surface area contributed by atoms with Crippen LogP contribution in [0.25, 0.3) is 10.2 Å². The van der Waals surface area contributed by atoms with Crippen LogP contribution in [-0.4, -0.2) is 30.2 Å². The van der Waals surface area contributed by atoms with Gasteiger partial charge in [0.05, 0.1) is 18.6 Å². The molecule has 0 atom stereocenters. The van der Waals surface area contributed by atoms with E-state index in [-0.39, 0.29) is 36.8 Å². The summed E-state index contributed by atoms with van der Waals surface area (Å²) in [6.45, 7) is 9.12. The number of allylic oxidation sites excluding steroid dienone is 1. The minimum atomic E-state index is -0.553.